The Morgan fingerprint density at radius 2 is 1.90 bits per heavy atom. The molecule has 0 saturated heterocycles. The van der Waals surface area contributed by atoms with Gasteiger partial charge < -0.3 is 5.11 Å². The van der Waals surface area contributed by atoms with Crippen LogP contribution in [0.1, 0.15) is 12.8 Å². The third kappa shape index (κ3) is 3.58. The van der Waals surface area contributed by atoms with Gasteiger partial charge in [0.05, 0.1) is 5.88 Å². The van der Waals surface area contributed by atoms with Crippen LogP contribution in [0.5, 0.6) is 0 Å². The second-order valence-corrected chi connectivity index (χ2v) is 2.07. The fourth-order valence-corrected chi connectivity index (χ4v) is 0.603. The fraction of sp³-hybridized carbons (Fsp3) is 0.667. The Morgan fingerprint density at radius 3 is 2.30 bits per heavy atom. The lowest BCUT2D eigenvalue weighted by Crippen LogP contribution is -2.14. The number of carbonyl (C=O) groups excluding carboxylic acids is 2. The summed E-state index contributed by atoms with van der Waals surface area (Å²) >= 11 is 5.09. The van der Waals surface area contributed by atoms with Crippen LogP contribution in [0.2, 0.25) is 0 Å². The number of aliphatic hydroxyl groups is 1. The third-order valence-electron chi connectivity index (χ3n) is 0.994. The summed E-state index contributed by atoms with van der Waals surface area (Å²) in [5.74, 6) is -1.33. The number of alkyl halides is 1. The lowest BCUT2D eigenvalue weighted by Gasteiger charge is -1.92. The van der Waals surface area contributed by atoms with Gasteiger partial charge in [-0.15, -0.1) is 11.6 Å². The minimum atomic E-state index is -0.574. The molecule has 0 aromatic heterocycles. The fourth-order valence-electron chi connectivity index (χ4n) is 0.454. The highest BCUT2D eigenvalue weighted by atomic mass is 35.5. The van der Waals surface area contributed by atoms with E-state index in [0.29, 0.717) is 6.42 Å². The lowest BCUT2D eigenvalue weighted by molar-refractivity contribution is -0.135. The molecule has 58 valence electrons. The molecular weight excluding hydrogens is 156 g/mol. The van der Waals surface area contributed by atoms with Gasteiger partial charge >= 0.3 is 0 Å². The summed E-state index contributed by atoms with van der Waals surface area (Å²) in [6.45, 7) is -0.0681. The van der Waals surface area contributed by atoms with Gasteiger partial charge in [-0.1, -0.05) is 0 Å². The molecule has 0 aromatic rings. The zero-order chi connectivity index (χ0) is 7.98. The van der Waals surface area contributed by atoms with E-state index in [9.17, 15) is 9.59 Å². The Labute approximate surface area is 64.0 Å². The molecule has 0 aromatic carbocycles. The van der Waals surface area contributed by atoms with Crippen LogP contribution in [0.4, 0.5) is 0 Å². The van der Waals surface area contributed by atoms with Crippen molar-refractivity contribution in [3.63, 3.8) is 0 Å². The summed E-state index contributed by atoms with van der Waals surface area (Å²) in [6.07, 6.45) is 0.434. The summed E-state index contributed by atoms with van der Waals surface area (Å²) in [6, 6.07) is 0. The van der Waals surface area contributed by atoms with Crippen LogP contribution in [0, 0.1) is 0 Å². The molecule has 0 radical (unpaired) electrons. The Balaban J connectivity index is 3.52. The summed E-state index contributed by atoms with van der Waals surface area (Å²) in [7, 11) is 0. The van der Waals surface area contributed by atoms with Gasteiger partial charge in [-0.2, -0.15) is 0 Å². The Morgan fingerprint density at radius 1 is 1.30 bits per heavy atom. The molecule has 0 bridgehead atoms. The van der Waals surface area contributed by atoms with Crippen molar-refractivity contribution in [2.45, 2.75) is 12.8 Å². The van der Waals surface area contributed by atoms with Gasteiger partial charge in [0, 0.05) is 13.0 Å². The van der Waals surface area contributed by atoms with Gasteiger partial charge in [0.25, 0.3) is 0 Å². The molecule has 0 amide bonds. The molecule has 10 heavy (non-hydrogen) atoms. The van der Waals surface area contributed by atoms with E-state index < -0.39 is 11.6 Å². The minimum Gasteiger partial charge on any atom is -0.396 e. The maximum absolute atomic E-state index is 10.6. The molecule has 0 atom stereocenters. The molecule has 0 unspecified atom stereocenters. The lowest BCUT2D eigenvalue weighted by atomic mass is 10.2. The van der Waals surface area contributed by atoms with Gasteiger partial charge in [-0.25, -0.2) is 0 Å². The second kappa shape index (κ2) is 5.38. The van der Waals surface area contributed by atoms with Crippen molar-refractivity contribution >= 4 is 23.2 Å². The monoisotopic (exact) mass is 164 g/mol. The zero-order valence-electron chi connectivity index (χ0n) is 5.47. The predicted molar refractivity (Wildman–Crippen MR) is 37.1 cm³/mol. The molecule has 4 heteroatoms. The average Bonchev–Trinajstić information content (AvgIpc) is 1.98. The molecule has 3 nitrogen and oxygen atoms in total. The molecule has 0 aliphatic heterocycles. The molecule has 0 fully saturated rings. The number of hydrogen-bond donors (Lipinski definition) is 1. The molecule has 0 rings (SSSR count). The van der Waals surface area contributed by atoms with E-state index in [2.05, 4.69) is 0 Å². The van der Waals surface area contributed by atoms with Gasteiger partial charge in [-0.05, 0) is 6.42 Å². The van der Waals surface area contributed by atoms with Crippen LogP contribution >= 0.6 is 11.6 Å². The number of halogens is 1. The van der Waals surface area contributed by atoms with E-state index in [1.54, 1.807) is 0 Å². The smallest absolute Gasteiger partial charge is 0.213 e. The third-order valence-corrected chi connectivity index (χ3v) is 1.24. The molecular formula is C6H9ClO3. The Bertz CT molecular complexity index is 133. The summed E-state index contributed by atoms with van der Waals surface area (Å²) in [5, 5.41) is 8.27. The average molecular weight is 165 g/mol. The van der Waals surface area contributed by atoms with Crippen molar-refractivity contribution in [3.8, 4) is 0 Å². The van der Waals surface area contributed by atoms with E-state index in [1.165, 1.54) is 0 Å². The van der Waals surface area contributed by atoms with E-state index in [-0.39, 0.29) is 18.9 Å². The van der Waals surface area contributed by atoms with Crippen molar-refractivity contribution in [2.24, 2.45) is 0 Å². The first-order chi connectivity index (χ1) is 4.72. The maximum Gasteiger partial charge on any atom is 0.213 e. The van der Waals surface area contributed by atoms with Gasteiger partial charge in [0.15, 0.2) is 5.78 Å². The zero-order valence-corrected chi connectivity index (χ0v) is 6.23. The van der Waals surface area contributed by atoms with Crippen LogP contribution in [-0.4, -0.2) is 29.2 Å². The van der Waals surface area contributed by atoms with Crippen LogP contribution in [0.3, 0.4) is 0 Å². The van der Waals surface area contributed by atoms with Gasteiger partial charge in [-0.3, -0.25) is 9.59 Å². The quantitative estimate of drug-likeness (QED) is 0.465. The summed E-state index contributed by atoms with van der Waals surface area (Å²) in [5.41, 5.74) is 0. The summed E-state index contributed by atoms with van der Waals surface area (Å²) < 4.78 is 0. The van der Waals surface area contributed by atoms with Crippen LogP contribution < -0.4 is 0 Å². The highest BCUT2D eigenvalue weighted by Gasteiger charge is 2.10. The number of carbonyl (C=O) groups is 2. The number of Topliss-reactive ketones (excluding diaryl/α,β-unsaturated/α-hetero) is 2. The Hall–Kier alpha value is -0.410. The van der Waals surface area contributed by atoms with Crippen molar-refractivity contribution in [3.05, 3.63) is 0 Å². The van der Waals surface area contributed by atoms with Crippen LogP contribution in [0.15, 0.2) is 0 Å². The van der Waals surface area contributed by atoms with Crippen LogP contribution in [0.25, 0.3) is 0 Å². The highest BCUT2D eigenvalue weighted by Crippen LogP contribution is 1.92. The highest BCUT2D eigenvalue weighted by molar-refractivity contribution is 6.47. The molecule has 0 aliphatic rings. The summed E-state index contributed by atoms with van der Waals surface area (Å²) in [4.78, 5) is 21.0. The van der Waals surface area contributed by atoms with Gasteiger partial charge in [0.2, 0.25) is 5.78 Å². The standard InChI is InChI=1S/C6H9ClO3/c7-4-6(10)5(9)2-1-3-8/h8H,1-4H2. The first-order valence-electron chi connectivity index (χ1n) is 2.95. The minimum absolute atomic E-state index is 0.0681. The van der Waals surface area contributed by atoms with Crippen molar-refractivity contribution < 1.29 is 14.7 Å². The number of aliphatic hydroxyl groups excluding tert-OH is 1. The SMILES string of the molecule is O=C(CCl)C(=O)CCCO. The molecule has 0 heterocycles. The number of hydrogen-bond acceptors (Lipinski definition) is 3. The van der Waals surface area contributed by atoms with E-state index in [1.807, 2.05) is 0 Å². The van der Waals surface area contributed by atoms with Crippen molar-refractivity contribution in [2.75, 3.05) is 12.5 Å². The molecule has 1 N–H and O–H groups in total. The second-order valence-electron chi connectivity index (χ2n) is 1.81. The number of rotatable bonds is 5. The Kier molecular flexibility index (Phi) is 5.16. The molecule has 0 aliphatic carbocycles. The van der Waals surface area contributed by atoms with E-state index >= 15 is 0 Å². The van der Waals surface area contributed by atoms with Crippen molar-refractivity contribution in [1.82, 2.24) is 0 Å². The van der Waals surface area contributed by atoms with Crippen LogP contribution in [-0.2, 0) is 9.59 Å². The topological polar surface area (TPSA) is 54.4 Å². The van der Waals surface area contributed by atoms with E-state index in [4.69, 9.17) is 16.7 Å². The molecule has 0 spiro atoms. The van der Waals surface area contributed by atoms with Crippen molar-refractivity contribution in [1.29, 1.82) is 0 Å². The molecule has 0 saturated carbocycles. The first-order valence-corrected chi connectivity index (χ1v) is 3.48. The van der Waals surface area contributed by atoms with Gasteiger partial charge in [0.1, 0.15) is 0 Å². The first kappa shape index (κ1) is 9.59. The maximum atomic E-state index is 10.6. The largest absolute Gasteiger partial charge is 0.396 e. The normalized spacial score (nSPS) is 9.40. The predicted octanol–water partition coefficient (Wildman–Crippen LogP) is 0.136. The van der Waals surface area contributed by atoms with E-state index in [0.717, 1.165) is 0 Å². The number of ketones is 2.